The molecule has 0 aliphatic carbocycles. The summed E-state index contributed by atoms with van der Waals surface area (Å²) in [7, 11) is 0. The molecule has 0 aliphatic rings. The van der Waals surface area contributed by atoms with Gasteiger partial charge in [0.1, 0.15) is 11.5 Å². The van der Waals surface area contributed by atoms with Gasteiger partial charge in [0.2, 0.25) is 5.91 Å². The number of carbonyl (C=O) groups excluding carboxylic acids is 2. The molecule has 1 heterocycles. The van der Waals surface area contributed by atoms with Crippen molar-refractivity contribution in [3.63, 3.8) is 0 Å². The number of aryl methyl sites for hydroxylation is 2. The largest absolute Gasteiger partial charge is 0.491 e. The Hall–Kier alpha value is -2.76. The second-order valence-corrected chi connectivity index (χ2v) is 6.89. The van der Waals surface area contributed by atoms with E-state index in [1.54, 1.807) is 13.0 Å². The lowest BCUT2D eigenvalue weighted by Gasteiger charge is -2.15. The third-order valence-electron chi connectivity index (χ3n) is 4.08. The number of furan rings is 1. The molecule has 0 radical (unpaired) electrons. The van der Waals surface area contributed by atoms with Crippen LogP contribution in [0.3, 0.4) is 0 Å². The van der Waals surface area contributed by atoms with E-state index in [-0.39, 0.29) is 30.5 Å². The quantitative estimate of drug-likeness (QED) is 0.708. The summed E-state index contributed by atoms with van der Waals surface area (Å²) in [5.74, 6) is 0.871. The van der Waals surface area contributed by atoms with E-state index in [4.69, 9.17) is 9.15 Å². The average Bonchev–Trinajstić information content (AvgIpc) is 3.04. The summed E-state index contributed by atoms with van der Waals surface area (Å²) in [4.78, 5) is 24.0. The lowest BCUT2D eigenvalue weighted by molar-refractivity contribution is -0.120. The van der Waals surface area contributed by atoms with Crippen molar-refractivity contribution in [2.45, 2.75) is 52.7 Å². The van der Waals surface area contributed by atoms with Crippen molar-refractivity contribution in [1.29, 1.82) is 0 Å². The Morgan fingerprint density at radius 2 is 1.81 bits per heavy atom. The Labute approximate surface area is 160 Å². The monoisotopic (exact) mass is 372 g/mol. The highest BCUT2D eigenvalue weighted by Gasteiger charge is 2.13. The molecular weight excluding hydrogens is 344 g/mol. The lowest BCUT2D eigenvalue weighted by Crippen LogP contribution is -2.41. The van der Waals surface area contributed by atoms with Crippen molar-refractivity contribution in [3.05, 3.63) is 53.5 Å². The maximum atomic E-state index is 12.0. The molecule has 0 fully saturated rings. The normalized spacial score (nSPS) is 11.9. The molecule has 146 valence electrons. The van der Waals surface area contributed by atoms with E-state index < -0.39 is 0 Å². The number of hydrogen-bond donors (Lipinski definition) is 2. The average molecular weight is 372 g/mol. The topological polar surface area (TPSA) is 80.6 Å². The SMILES string of the molecule is Cc1occc1C(=O)NCC(=O)NC(C)CCc1ccc(OC(C)C)cc1. The van der Waals surface area contributed by atoms with Gasteiger partial charge >= 0.3 is 0 Å². The van der Waals surface area contributed by atoms with E-state index in [0.29, 0.717) is 11.3 Å². The molecule has 0 saturated heterocycles. The Bertz CT molecular complexity index is 750. The van der Waals surface area contributed by atoms with Crippen molar-refractivity contribution >= 4 is 11.8 Å². The predicted octanol–water partition coefficient (Wildman–Crippen LogP) is 3.24. The van der Waals surface area contributed by atoms with Crippen LogP contribution in [-0.4, -0.2) is 30.5 Å². The van der Waals surface area contributed by atoms with Crippen LogP contribution in [-0.2, 0) is 11.2 Å². The van der Waals surface area contributed by atoms with Gasteiger partial charge in [-0.3, -0.25) is 9.59 Å². The molecule has 2 rings (SSSR count). The van der Waals surface area contributed by atoms with Gasteiger partial charge in [0, 0.05) is 6.04 Å². The number of rotatable bonds is 9. The number of carbonyl (C=O) groups is 2. The molecule has 1 aromatic carbocycles. The van der Waals surface area contributed by atoms with Crippen LogP contribution >= 0.6 is 0 Å². The van der Waals surface area contributed by atoms with E-state index in [1.807, 2.05) is 45.0 Å². The molecule has 1 unspecified atom stereocenters. The number of nitrogens with one attached hydrogen (secondary N) is 2. The number of amides is 2. The second kappa shape index (κ2) is 9.80. The Morgan fingerprint density at radius 1 is 1.11 bits per heavy atom. The van der Waals surface area contributed by atoms with Crippen LogP contribution < -0.4 is 15.4 Å². The van der Waals surface area contributed by atoms with Crippen molar-refractivity contribution in [2.75, 3.05) is 6.54 Å². The fourth-order valence-electron chi connectivity index (χ4n) is 2.66. The fraction of sp³-hybridized carbons (Fsp3) is 0.429. The zero-order valence-corrected chi connectivity index (χ0v) is 16.4. The van der Waals surface area contributed by atoms with Gasteiger partial charge in [-0.1, -0.05) is 12.1 Å². The number of ether oxygens (including phenoxy) is 1. The lowest BCUT2D eigenvalue weighted by atomic mass is 10.1. The number of benzene rings is 1. The Kier molecular flexibility index (Phi) is 7.46. The third-order valence-corrected chi connectivity index (χ3v) is 4.08. The summed E-state index contributed by atoms with van der Waals surface area (Å²) in [5.41, 5.74) is 1.64. The first kappa shape index (κ1) is 20.6. The maximum absolute atomic E-state index is 12.0. The number of hydrogen-bond acceptors (Lipinski definition) is 4. The smallest absolute Gasteiger partial charge is 0.255 e. The van der Waals surface area contributed by atoms with Crippen LogP contribution in [0.15, 0.2) is 41.0 Å². The molecule has 2 aromatic rings. The second-order valence-electron chi connectivity index (χ2n) is 6.89. The highest BCUT2D eigenvalue weighted by molar-refractivity contribution is 5.97. The highest BCUT2D eigenvalue weighted by Crippen LogP contribution is 2.15. The van der Waals surface area contributed by atoms with E-state index in [2.05, 4.69) is 10.6 Å². The fourth-order valence-corrected chi connectivity index (χ4v) is 2.66. The van der Waals surface area contributed by atoms with Gasteiger partial charge < -0.3 is 19.8 Å². The molecule has 6 heteroatoms. The third kappa shape index (κ3) is 6.81. The van der Waals surface area contributed by atoms with Gasteiger partial charge in [-0.2, -0.15) is 0 Å². The highest BCUT2D eigenvalue weighted by atomic mass is 16.5. The minimum absolute atomic E-state index is 0.0108. The zero-order chi connectivity index (χ0) is 19.8. The molecule has 0 saturated carbocycles. The molecule has 0 aliphatic heterocycles. The van der Waals surface area contributed by atoms with Crippen LogP contribution in [0.1, 0.15) is 48.9 Å². The van der Waals surface area contributed by atoms with Crippen LogP contribution in [0.2, 0.25) is 0 Å². The molecular formula is C21H28N2O4. The van der Waals surface area contributed by atoms with Crippen LogP contribution in [0.25, 0.3) is 0 Å². The van der Waals surface area contributed by atoms with Gasteiger partial charge in [0.15, 0.2) is 0 Å². The van der Waals surface area contributed by atoms with Gasteiger partial charge in [-0.25, -0.2) is 0 Å². The summed E-state index contributed by atoms with van der Waals surface area (Å²) in [6.07, 6.45) is 3.27. The Morgan fingerprint density at radius 3 is 2.41 bits per heavy atom. The van der Waals surface area contributed by atoms with Gasteiger partial charge in [0.25, 0.3) is 5.91 Å². The minimum atomic E-state index is -0.312. The van der Waals surface area contributed by atoms with E-state index >= 15 is 0 Å². The van der Waals surface area contributed by atoms with E-state index in [0.717, 1.165) is 18.6 Å². The molecule has 1 atom stereocenters. The van der Waals surface area contributed by atoms with E-state index in [9.17, 15) is 9.59 Å². The molecule has 27 heavy (non-hydrogen) atoms. The van der Waals surface area contributed by atoms with Crippen molar-refractivity contribution in [1.82, 2.24) is 10.6 Å². The minimum Gasteiger partial charge on any atom is -0.491 e. The zero-order valence-electron chi connectivity index (χ0n) is 16.4. The van der Waals surface area contributed by atoms with Crippen LogP contribution in [0.4, 0.5) is 0 Å². The predicted molar refractivity (Wildman–Crippen MR) is 104 cm³/mol. The molecule has 0 bridgehead atoms. The van der Waals surface area contributed by atoms with Crippen molar-refractivity contribution in [2.24, 2.45) is 0 Å². The van der Waals surface area contributed by atoms with Crippen LogP contribution in [0.5, 0.6) is 5.75 Å². The van der Waals surface area contributed by atoms with Crippen molar-refractivity contribution in [3.8, 4) is 5.75 Å². The molecule has 0 spiro atoms. The van der Waals surface area contributed by atoms with Gasteiger partial charge in [-0.15, -0.1) is 0 Å². The first-order valence-electron chi connectivity index (χ1n) is 9.22. The standard InChI is InChI=1S/C21H28N2O4/c1-14(2)27-18-9-7-17(8-10-18)6-5-15(3)23-20(24)13-22-21(25)19-11-12-26-16(19)4/h7-12,14-15H,5-6,13H2,1-4H3,(H,22,25)(H,23,24). The molecule has 6 nitrogen and oxygen atoms in total. The van der Waals surface area contributed by atoms with Crippen molar-refractivity contribution < 1.29 is 18.7 Å². The first-order valence-corrected chi connectivity index (χ1v) is 9.22. The molecule has 2 N–H and O–H groups in total. The summed E-state index contributed by atoms with van der Waals surface area (Å²) < 4.78 is 10.7. The van der Waals surface area contributed by atoms with Gasteiger partial charge in [-0.05, 0) is 64.3 Å². The summed E-state index contributed by atoms with van der Waals surface area (Å²) >= 11 is 0. The summed E-state index contributed by atoms with van der Waals surface area (Å²) in [6.45, 7) is 7.60. The Balaban J connectivity index is 1.70. The van der Waals surface area contributed by atoms with E-state index in [1.165, 1.54) is 11.8 Å². The summed E-state index contributed by atoms with van der Waals surface area (Å²) in [6, 6.07) is 9.61. The summed E-state index contributed by atoms with van der Waals surface area (Å²) in [5, 5.41) is 5.50. The molecule has 1 aromatic heterocycles. The maximum Gasteiger partial charge on any atom is 0.255 e. The van der Waals surface area contributed by atoms with Gasteiger partial charge in [0.05, 0.1) is 24.5 Å². The molecule has 2 amide bonds. The van der Waals surface area contributed by atoms with Crippen LogP contribution in [0, 0.1) is 6.92 Å². The first-order chi connectivity index (χ1) is 12.8.